The Labute approximate surface area is 171 Å². The molecule has 0 atom stereocenters. The van der Waals surface area contributed by atoms with Gasteiger partial charge >= 0.3 is 5.69 Å². The van der Waals surface area contributed by atoms with Crippen molar-refractivity contribution in [3.8, 4) is 0 Å². The fourth-order valence-corrected chi connectivity index (χ4v) is 3.96. The summed E-state index contributed by atoms with van der Waals surface area (Å²) in [4.78, 5) is 32.7. The Bertz CT molecular complexity index is 1380. The third-order valence-electron chi connectivity index (χ3n) is 5.60. The third kappa shape index (κ3) is 2.75. The fraction of sp³-hybridized carbons (Fsp3) is 0.227. The molecule has 0 radical (unpaired) electrons. The van der Waals surface area contributed by atoms with Crippen molar-refractivity contribution in [1.29, 1.82) is 0 Å². The van der Waals surface area contributed by atoms with Crippen molar-refractivity contribution in [2.75, 3.05) is 11.4 Å². The number of halogens is 1. The first-order valence-electron chi connectivity index (χ1n) is 9.73. The number of fused-ring (bicyclic) bond motifs is 3. The summed E-state index contributed by atoms with van der Waals surface area (Å²) in [7, 11) is 1.63. The lowest BCUT2D eigenvalue weighted by atomic mass is 10.1. The Morgan fingerprint density at radius 3 is 2.40 bits per heavy atom. The largest absolute Gasteiger partial charge is 0.332 e. The summed E-state index contributed by atoms with van der Waals surface area (Å²) in [5.74, 6) is 0.268. The monoisotopic (exact) mass is 405 g/mol. The first kappa shape index (κ1) is 18.4. The van der Waals surface area contributed by atoms with Gasteiger partial charge in [-0.05, 0) is 36.8 Å². The van der Waals surface area contributed by atoms with Gasteiger partial charge in [-0.1, -0.05) is 29.8 Å². The molecule has 0 aliphatic carbocycles. The van der Waals surface area contributed by atoms with Crippen LogP contribution in [0.4, 0.5) is 16.0 Å². The van der Waals surface area contributed by atoms with Crippen molar-refractivity contribution in [3.05, 3.63) is 86.3 Å². The van der Waals surface area contributed by atoms with Crippen LogP contribution < -0.4 is 16.1 Å². The zero-order valence-electron chi connectivity index (χ0n) is 16.7. The standard InChI is InChI=1S/C22H20FN5O2/c1-14-3-5-15(6-4-14)13-28-20(29)18-19(25(2)22(28)30)24-21-26(11-12-27(18)21)17-9-7-16(23)8-10-17/h3-10H,11-13H2,1-2H3. The van der Waals surface area contributed by atoms with Crippen LogP contribution in [-0.4, -0.2) is 25.2 Å². The number of hydrogen-bond donors (Lipinski definition) is 0. The highest BCUT2D eigenvalue weighted by molar-refractivity contribution is 5.77. The summed E-state index contributed by atoms with van der Waals surface area (Å²) in [6, 6.07) is 13.9. The molecular weight excluding hydrogens is 385 g/mol. The van der Waals surface area contributed by atoms with Gasteiger partial charge in [0.1, 0.15) is 5.82 Å². The van der Waals surface area contributed by atoms with Gasteiger partial charge in [-0.25, -0.2) is 9.18 Å². The van der Waals surface area contributed by atoms with Gasteiger partial charge in [-0.15, -0.1) is 0 Å². The smallest absolute Gasteiger partial charge is 0.310 e. The van der Waals surface area contributed by atoms with E-state index >= 15 is 0 Å². The maximum absolute atomic E-state index is 13.3. The van der Waals surface area contributed by atoms with Crippen LogP contribution >= 0.6 is 0 Å². The minimum atomic E-state index is -0.404. The van der Waals surface area contributed by atoms with Gasteiger partial charge in [0.05, 0.1) is 6.54 Å². The van der Waals surface area contributed by atoms with Gasteiger partial charge in [0, 0.05) is 25.8 Å². The molecule has 1 aliphatic rings. The molecule has 0 unspecified atom stereocenters. The van der Waals surface area contributed by atoms with Crippen LogP contribution in [0.15, 0.2) is 58.1 Å². The number of benzene rings is 2. The molecule has 8 heteroatoms. The van der Waals surface area contributed by atoms with E-state index in [9.17, 15) is 14.0 Å². The van der Waals surface area contributed by atoms with Gasteiger partial charge in [-0.2, -0.15) is 4.98 Å². The number of hydrogen-bond acceptors (Lipinski definition) is 4. The van der Waals surface area contributed by atoms with E-state index in [1.807, 2.05) is 40.7 Å². The predicted octanol–water partition coefficient (Wildman–Crippen LogP) is 2.54. The normalized spacial score (nSPS) is 13.2. The number of imidazole rings is 1. The molecule has 1 aliphatic heterocycles. The van der Waals surface area contributed by atoms with E-state index in [4.69, 9.17) is 0 Å². The quantitative estimate of drug-likeness (QED) is 0.526. The Kier molecular flexibility index (Phi) is 4.09. The molecule has 0 saturated carbocycles. The topological polar surface area (TPSA) is 65.1 Å². The predicted molar refractivity (Wildman–Crippen MR) is 113 cm³/mol. The summed E-state index contributed by atoms with van der Waals surface area (Å²) >= 11 is 0. The Hall–Kier alpha value is -3.68. The van der Waals surface area contributed by atoms with Gasteiger partial charge in [0.15, 0.2) is 11.2 Å². The van der Waals surface area contributed by atoms with Crippen LogP contribution in [-0.2, 0) is 20.1 Å². The highest BCUT2D eigenvalue weighted by Crippen LogP contribution is 2.31. The molecule has 0 amide bonds. The summed E-state index contributed by atoms with van der Waals surface area (Å²) in [6.07, 6.45) is 0. The van der Waals surface area contributed by atoms with Crippen molar-refractivity contribution in [3.63, 3.8) is 0 Å². The zero-order chi connectivity index (χ0) is 21.0. The number of rotatable bonds is 3. The van der Waals surface area contributed by atoms with Crippen LogP contribution in [0.5, 0.6) is 0 Å². The maximum atomic E-state index is 13.3. The lowest BCUT2D eigenvalue weighted by Gasteiger charge is -2.15. The number of aromatic nitrogens is 4. The number of aryl methyl sites for hydroxylation is 2. The first-order valence-corrected chi connectivity index (χ1v) is 9.73. The molecule has 0 N–H and O–H groups in total. The molecular formula is C22H20FN5O2. The molecule has 3 heterocycles. The van der Waals surface area contributed by atoms with Crippen LogP contribution in [0, 0.1) is 12.7 Å². The lowest BCUT2D eigenvalue weighted by Crippen LogP contribution is -2.40. The van der Waals surface area contributed by atoms with Crippen molar-refractivity contribution < 1.29 is 4.39 Å². The van der Waals surface area contributed by atoms with E-state index in [2.05, 4.69) is 4.98 Å². The Morgan fingerprint density at radius 2 is 1.70 bits per heavy atom. The van der Waals surface area contributed by atoms with Crippen molar-refractivity contribution in [1.82, 2.24) is 18.7 Å². The molecule has 30 heavy (non-hydrogen) atoms. The third-order valence-corrected chi connectivity index (χ3v) is 5.60. The molecule has 4 aromatic rings. The van der Waals surface area contributed by atoms with Crippen molar-refractivity contribution in [2.24, 2.45) is 7.05 Å². The molecule has 0 saturated heterocycles. The minimum absolute atomic E-state index is 0.198. The van der Waals surface area contributed by atoms with E-state index in [1.54, 1.807) is 19.2 Å². The number of nitrogens with zero attached hydrogens (tertiary/aromatic N) is 5. The molecule has 7 nitrogen and oxygen atoms in total. The summed E-state index contributed by atoms with van der Waals surface area (Å²) < 4.78 is 17.8. The minimum Gasteiger partial charge on any atom is -0.310 e. The summed E-state index contributed by atoms with van der Waals surface area (Å²) in [5, 5.41) is 0. The second kappa shape index (κ2) is 6.69. The SMILES string of the molecule is Cc1ccc(Cn2c(=O)c3c(nc4n3CCN4c3ccc(F)cc3)n(C)c2=O)cc1. The first-order chi connectivity index (χ1) is 14.4. The highest BCUT2D eigenvalue weighted by Gasteiger charge is 2.28. The average Bonchev–Trinajstić information content (AvgIpc) is 3.31. The molecule has 5 rings (SSSR count). The van der Waals surface area contributed by atoms with E-state index in [1.165, 1.54) is 21.3 Å². The molecule has 0 bridgehead atoms. The second-order valence-electron chi connectivity index (χ2n) is 7.58. The highest BCUT2D eigenvalue weighted by atomic mass is 19.1. The summed E-state index contributed by atoms with van der Waals surface area (Å²) in [5.41, 5.74) is 2.79. The van der Waals surface area contributed by atoms with E-state index < -0.39 is 5.69 Å². The van der Waals surface area contributed by atoms with E-state index in [0.29, 0.717) is 30.2 Å². The molecule has 2 aromatic carbocycles. The van der Waals surface area contributed by atoms with Crippen molar-refractivity contribution >= 4 is 22.8 Å². The van der Waals surface area contributed by atoms with Gasteiger partial charge in [0.2, 0.25) is 5.95 Å². The fourth-order valence-electron chi connectivity index (χ4n) is 3.96. The van der Waals surface area contributed by atoms with E-state index in [0.717, 1.165) is 16.8 Å². The lowest BCUT2D eigenvalue weighted by molar-refractivity contribution is 0.628. The van der Waals surface area contributed by atoms with Crippen LogP contribution in [0.1, 0.15) is 11.1 Å². The van der Waals surface area contributed by atoms with Crippen molar-refractivity contribution in [2.45, 2.75) is 20.0 Å². The summed E-state index contributed by atoms with van der Waals surface area (Å²) in [6.45, 7) is 3.36. The maximum Gasteiger partial charge on any atom is 0.332 e. The van der Waals surface area contributed by atoms with Gasteiger partial charge < -0.3 is 9.47 Å². The molecule has 152 valence electrons. The van der Waals surface area contributed by atoms with Gasteiger partial charge in [-0.3, -0.25) is 13.9 Å². The zero-order valence-corrected chi connectivity index (χ0v) is 16.7. The van der Waals surface area contributed by atoms with E-state index in [-0.39, 0.29) is 17.9 Å². The Morgan fingerprint density at radius 1 is 1.00 bits per heavy atom. The van der Waals surface area contributed by atoms with Gasteiger partial charge in [0.25, 0.3) is 5.56 Å². The van der Waals surface area contributed by atoms with Crippen LogP contribution in [0.3, 0.4) is 0 Å². The van der Waals surface area contributed by atoms with Crippen LogP contribution in [0.25, 0.3) is 11.2 Å². The number of anilines is 2. The molecule has 2 aromatic heterocycles. The molecule has 0 fully saturated rings. The molecule has 0 spiro atoms. The average molecular weight is 405 g/mol. The second-order valence-corrected chi connectivity index (χ2v) is 7.58. The Balaban J connectivity index is 1.66. The van der Waals surface area contributed by atoms with Crippen LogP contribution in [0.2, 0.25) is 0 Å².